The van der Waals surface area contributed by atoms with Crippen molar-refractivity contribution in [2.75, 3.05) is 13.2 Å². The van der Waals surface area contributed by atoms with Gasteiger partial charge in [-0.3, -0.25) is 0 Å². The summed E-state index contributed by atoms with van der Waals surface area (Å²) in [4.78, 5) is 12.6. The number of hydrogen-bond donors (Lipinski definition) is 1. The Hall–Kier alpha value is -3.40. The van der Waals surface area contributed by atoms with E-state index in [1.54, 1.807) is 31.2 Å². The van der Waals surface area contributed by atoms with Gasteiger partial charge in [0.05, 0.1) is 24.7 Å². The highest BCUT2D eigenvalue weighted by Crippen LogP contribution is 2.46. The number of para-hydroxylation sites is 1. The first-order chi connectivity index (χ1) is 13.0. The number of nitrogens with two attached hydrogens (primary N) is 1. The summed E-state index contributed by atoms with van der Waals surface area (Å²) in [5, 5.41) is 9.69. The molecule has 0 fully saturated rings. The number of allylic oxidation sites excluding steroid dienone is 1. The Bertz CT molecular complexity index is 1000. The van der Waals surface area contributed by atoms with Gasteiger partial charge in [-0.05, 0) is 26.8 Å². The average molecular weight is 368 g/mol. The number of aryl methyl sites for hydroxylation is 1. The fourth-order valence-electron chi connectivity index (χ4n) is 3.16. The lowest BCUT2D eigenvalue weighted by atomic mass is 9.83. The Labute approximate surface area is 156 Å². The standard InChI is InChI=1S/C20H20N2O5/c1-4-24-14-8-6-7-12(18(14)25-5-2)16-13(10-21)19(22)27-15-9-11(3)26-20(23)17(15)16/h6-9,16H,4-5,22H2,1-3H3/t16-/m0/s1. The summed E-state index contributed by atoms with van der Waals surface area (Å²) in [7, 11) is 0. The van der Waals surface area contributed by atoms with Crippen LogP contribution in [0.4, 0.5) is 0 Å². The van der Waals surface area contributed by atoms with E-state index in [9.17, 15) is 10.1 Å². The van der Waals surface area contributed by atoms with Crippen LogP contribution in [-0.2, 0) is 0 Å². The minimum absolute atomic E-state index is 0.0516. The van der Waals surface area contributed by atoms with Crippen molar-refractivity contribution in [1.29, 1.82) is 5.26 Å². The highest BCUT2D eigenvalue weighted by Gasteiger charge is 2.36. The summed E-state index contributed by atoms with van der Waals surface area (Å²) in [5.74, 6) is 0.813. The van der Waals surface area contributed by atoms with Gasteiger partial charge in [-0.15, -0.1) is 0 Å². The smallest absolute Gasteiger partial charge is 0.343 e. The summed E-state index contributed by atoms with van der Waals surface area (Å²) in [5.41, 5.74) is 6.31. The maximum atomic E-state index is 12.6. The third-order valence-electron chi connectivity index (χ3n) is 4.17. The first-order valence-corrected chi connectivity index (χ1v) is 8.62. The van der Waals surface area contributed by atoms with E-state index >= 15 is 0 Å². The second kappa shape index (κ2) is 7.46. The van der Waals surface area contributed by atoms with Crippen LogP contribution in [0.3, 0.4) is 0 Å². The predicted molar refractivity (Wildman–Crippen MR) is 97.8 cm³/mol. The van der Waals surface area contributed by atoms with E-state index in [0.29, 0.717) is 36.0 Å². The molecule has 2 N–H and O–H groups in total. The summed E-state index contributed by atoms with van der Waals surface area (Å²) >= 11 is 0. The van der Waals surface area contributed by atoms with E-state index in [1.165, 1.54) is 0 Å². The topological polar surface area (TPSA) is 108 Å². The van der Waals surface area contributed by atoms with Crippen LogP contribution in [0.15, 0.2) is 44.9 Å². The highest BCUT2D eigenvalue weighted by molar-refractivity contribution is 5.60. The van der Waals surface area contributed by atoms with Crippen LogP contribution in [0, 0.1) is 18.3 Å². The molecule has 0 radical (unpaired) electrons. The summed E-state index contributed by atoms with van der Waals surface area (Å²) in [6, 6.07) is 8.96. The normalized spacial score (nSPS) is 15.6. The average Bonchev–Trinajstić information content (AvgIpc) is 2.62. The number of rotatable bonds is 5. The summed E-state index contributed by atoms with van der Waals surface area (Å²) in [6.45, 7) is 6.18. The van der Waals surface area contributed by atoms with Gasteiger partial charge in [0.1, 0.15) is 23.2 Å². The Morgan fingerprint density at radius 2 is 2.00 bits per heavy atom. The van der Waals surface area contributed by atoms with Crippen molar-refractivity contribution >= 4 is 0 Å². The van der Waals surface area contributed by atoms with Gasteiger partial charge in [0.2, 0.25) is 5.88 Å². The minimum Gasteiger partial charge on any atom is -0.490 e. The molecule has 2 aromatic rings. The number of hydrogen-bond acceptors (Lipinski definition) is 7. The maximum Gasteiger partial charge on any atom is 0.343 e. The van der Waals surface area contributed by atoms with Crippen molar-refractivity contribution in [2.45, 2.75) is 26.7 Å². The van der Waals surface area contributed by atoms with Crippen molar-refractivity contribution < 1.29 is 18.6 Å². The zero-order valence-electron chi connectivity index (χ0n) is 15.4. The zero-order chi connectivity index (χ0) is 19.6. The Morgan fingerprint density at radius 3 is 2.67 bits per heavy atom. The molecule has 2 heterocycles. The van der Waals surface area contributed by atoms with Gasteiger partial charge in [0.15, 0.2) is 11.5 Å². The molecular formula is C20H20N2O5. The molecule has 1 aliphatic heterocycles. The fourth-order valence-corrected chi connectivity index (χ4v) is 3.16. The van der Waals surface area contributed by atoms with Crippen molar-refractivity contribution in [3.8, 4) is 23.3 Å². The lowest BCUT2D eigenvalue weighted by Gasteiger charge is -2.27. The van der Waals surface area contributed by atoms with Gasteiger partial charge >= 0.3 is 5.63 Å². The van der Waals surface area contributed by atoms with E-state index in [-0.39, 0.29) is 22.8 Å². The van der Waals surface area contributed by atoms with Crippen LogP contribution < -0.4 is 25.6 Å². The SMILES string of the molecule is CCOc1cccc([C@H]2C(C#N)=C(N)Oc3cc(C)oc(=O)c32)c1OCC. The van der Waals surface area contributed by atoms with Gasteiger partial charge in [-0.1, -0.05) is 12.1 Å². The van der Waals surface area contributed by atoms with Crippen LogP contribution in [0.2, 0.25) is 0 Å². The third kappa shape index (κ3) is 3.22. The number of nitriles is 1. The molecule has 1 aromatic heterocycles. The second-order valence-corrected chi connectivity index (χ2v) is 5.89. The van der Waals surface area contributed by atoms with Gasteiger partial charge in [-0.2, -0.15) is 5.26 Å². The largest absolute Gasteiger partial charge is 0.490 e. The van der Waals surface area contributed by atoms with Gasteiger partial charge < -0.3 is 24.4 Å². The molecule has 0 bridgehead atoms. The van der Waals surface area contributed by atoms with Crippen molar-refractivity contribution in [3.63, 3.8) is 0 Å². The molecule has 0 unspecified atom stereocenters. The first-order valence-electron chi connectivity index (χ1n) is 8.62. The van der Waals surface area contributed by atoms with Crippen LogP contribution in [0.25, 0.3) is 0 Å². The molecule has 0 aliphatic carbocycles. The molecule has 140 valence electrons. The molecule has 0 saturated heterocycles. The van der Waals surface area contributed by atoms with Gasteiger partial charge in [0.25, 0.3) is 0 Å². The molecule has 3 rings (SSSR count). The fraction of sp³-hybridized carbons (Fsp3) is 0.300. The van der Waals surface area contributed by atoms with E-state index in [4.69, 9.17) is 24.4 Å². The molecule has 7 nitrogen and oxygen atoms in total. The first kappa shape index (κ1) is 18.4. The Balaban J connectivity index is 2.32. The van der Waals surface area contributed by atoms with E-state index in [0.717, 1.165) is 0 Å². The Kier molecular flexibility index (Phi) is 5.08. The third-order valence-corrected chi connectivity index (χ3v) is 4.17. The van der Waals surface area contributed by atoms with E-state index < -0.39 is 11.5 Å². The maximum absolute atomic E-state index is 12.6. The van der Waals surface area contributed by atoms with Gasteiger partial charge in [-0.25, -0.2) is 4.79 Å². The predicted octanol–water partition coefficient (Wildman–Crippen LogP) is 2.96. The molecule has 1 atom stereocenters. The number of nitrogens with zero attached hydrogens (tertiary/aromatic N) is 1. The van der Waals surface area contributed by atoms with Crippen LogP contribution in [0.1, 0.15) is 36.7 Å². The monoisotopic (exact) mass is 368 g/mol. The molecule has 0 amide bonds. The quantitative estimate of drug-likeness (QED) is 0.864. The van der Waals surface area contributed by atoms with Crippen LogP contribution >= 0.6 is 0 Å². The molecule has 27 heavy (non-hydrogen) atoms. The lowest BCUT2D eigenvalue weighted by Crippen LogP contribution is -2.26. The molecule has 1 aromatic carbocycles. The molecule has 0 saturated carbocycles. The molecule has 7 heteroatoms. The lowest BCUT2D eigenvalue weighted by molar-refractivity contribution is 0.284. The molecular weight excluding hydrogens is 348 g/mol. The number of fused-ring (bicyclic) bond motifs is 1. The summed E-state index contributed by atoms with van der Waals surface area (Å²) < 4.78 is 22.3. The van der Waals surface area contributed by atoms with Crippen LogP contribution in [-0.4, -0.2) is 13.2 Å². The summed E-state index contributed by atoms with van der Waals surface area (Å²) in [6.07, 6.45) is 0. The molecule has 1 aliphatic rings. The van der Waals surface area contributed by atoms with Gasteiger partial charge in [0, 0.05) is 11.6 Å². The van der Waals surface area contributed by atoms with Crippen molar-refractivity contribution in [3.05, 3.63) is 63.0 Å². The minimum atomic E-state index is -0.780. The molecule has 0 spiro atoms. The van der Waals surface area contributed by atoms with Crippen molar-refractivity contribution in [1.82, 2.24) is 0 Å². The highest BCUT2D eigenvalue weighted by atomic mass is 16.5. The number of benzene rings is 1. The Morgan fingerprint density at radius 1 is 1.26 bits per heavy atom. The van der Waals surface area contributed by atoms with Crippen molar-refractivity contribution in [2.24, 2.45) is 5.73 Å². The van der Waals surface area contributed by atoms with Crippen LogP contribution in [0.5, 0.6) is 17.2 Å². The zero-order valence-corrected chi connectivity index (χ0v) is 15.4. The van der Waals surface area contributed by atoms with E-state index in [2.05, 4.69) is 6.07 Å². The van der Waals surface area contributed by atoms with E-state index in [1.807, 2.05) is 13.8 Å². The second-order valence-electron chi connectivity index (χ2n) is 5.89. The number of ether oxygens (including phenoxy) is 3.